The summed E-state index contributed by atoms with van der Waals surface area (Å²) in [6.07, 6.45) is 4.16. The highest BCUT2D eigenvalue weighted by Gasteiger charge is 2.27. The van der Waals surface area contributed by atoms with Crippen LogP contribution < -0.4 is 16.2 Å². The molecular formula is C27H32FN7O. The Labute approximate surface area is 209 Å². The van der Waals surface area contributed by atoms with Gasteiger partial charge in [-0.2, -0.15) is 4.98 Å². The van der Waals surface area contributed by atoms with Crippen LogP contribution >= 0.6 is 0 Å². The van der Waals surface area contributed by atoms with Gasteiger partial charge in [0.15, 0.2) is 5.65 Å². The molecular weight excluding hydrogens is 457 g/mol. The summed E-state index contributed by atoms with van der Waals surface area (Å²) >= 11 is 0. The first-order chi connectivity index (χ1) is 17.1. The molecule has 188 valence electrons. The third-order valence-corrected chi connectivity index (χ3v) is 6.99. The van der Waals surface area contributed by atoms with Gasteiger partial charge in [-0.1, -0.05) is 19.9 Å². The van der Waals surface area contributed by atoms with Gasteiger partial charge in [-0.05, 0) is 69.1 Å². The Balaban J connectivity index is 1.58. The van der Waals surface area contributed by atoms with Crippen molar-refractivity contribution < 1.29 is 4.39 Å². The highest BCUT2D eigenvalue weighted by atomic mass is 19.1. The number of pyridine rings is 1. The summed E-state index contributed by atoms with van der Waals surface area (Å²) in [5.74, 6) is 0.399. The Morgan fingerprint density at radius 1 is 1.19 bits per heavy atom. The van der Waals surface area contributed by atoms with Crippen molar-refractivity contribution in [1.29, 1.82) is 0 Å². The molecule has 1 aliphatic heterocycles. The van der Waals surface area contributed by atoms with E-state index in [-0.39, 0.29) is 11.1 Å². The first-order valence-electron chi connectivity index (χ1n) is 12.3. The first kappa shape index (κ1) is 24.1. The maximum absolute atomic E-state index is 13.7. The van der Waals surface area contributed by atoms with Crippen LogP contribution in [0.3, 0.4) is 0 Å². The zero-order chi connectivity index (χ0) is 25.7. The van der Waals surface area contributed by atoms with E-state index in [4.69, 9.17) is 4.98 Å². The molecule has 0 unspecified atom stereocenters. The maximum atomic E-state index is 13.7. The average molecular weight is 490 g/mol. The van der Waals surface area contributed by atoms with Crippen LogP contribution in [-0.4, -0.2) is 37.5 Å². The molecule has 4 aromatic rings. The van der Waals surface area contributed by atoms with E-state index in [1.54, 1.807) is 41.7 Å². The van der Waals surface area contributed by atoms with Gasteiger partial charge in [0.25, 0.3) is 5.56 Å². The van der Waals surface area contributed by atoms with Gasteiger partial charge >= 0.3 is 0 Å². The predicted molar refractivity (Wildman–Crippen MR) is 140 cm³/mol. The third kappa shape index (κ3) is 4.07. The molecule has 1 aliphatic rings. The van der Waals surface area contributed by atoms with Crippen molar-refractivity contribution in [2.45, 2.75) is 58.5 Å². The second-order valence-corrected chi connectivity index (χ2v) is 10.5. The van der Waals surface area contributed by atoms with Crippen molar-refractivity contribution in [3.05, 3.63) is 69.9 Å². The minimum atomic E-state index is -0.742. The summed E-state index contributed by atoms with van der Waals surface area (Å²) < 4.78 is 17.0. The second-order valence-electron chi connectivity index (χ2n) is 10.5. The van der Waals surface area contributed by atoms with Crippen molar-refractivity contribution in [2.24, 2.45) is 0 Å². The normalized spacial score (nSPS) is 15.2. The molecule has 0 amide bonds. The number of rotatable bonds is 6. The molecule has 0 saturated carbocycles. The highest BCUT2D eigenvalue weighted by Crippen LogP contribution is 2.31. The lowest BCUT2D eigenvalue weighted by Gasteiger charge is -2.34. The van der Waals surface area contributed by atoms with E-state index in [9.17, 15) is 9.18 Å². The van der Waals surface area contributed by atoms with Crippen LogP contribution in [0.15, 0.2) is 47.5 Å². The zero-order valence-corrected chi connectivity index (χ0v) is 21.4. The zero-order valence-electron chi connectivity index (χ0n) is 21.4. The summed E-state index contributed by atoms with van der Waals surface area (Å²) in [7, 11) is 0. The van der Waals surface area contributed by atoms with E-state index in [1.165, 1.54) is 11.1 Å². The number of alkyl halides is 1. The van der Waals surface area contributed by atoms with Gasteiger partial charge in [-0.25, -0.2) is 14.3 Å². The molecule has 0 spiro atoms. The number of halogens is 1. The van der Waals surface area contributed by atoms with Gasteiger partial charge in [0, 0.05) is 35.6 Å². The quantitative estimate of drug-likeness (QED) is 0.418. The molecule has 0 radical (unpaired) electrons. The summed E-state index contributed by atoms with van der Waals surface area (Å²) in [6.45, 7) is 10.7. The lowest BCUT2D eigenvalue weighted by atomic mass is 9.85. The van der Waals surface area contributed by atoms with Crippen LogP contribution in [0, 0.1) is 0 Å². The smallest absolute Gasteiger partial charge is 0.278 e. The van der Waals surface area contributed by atoms with Gasteiger partial charge < -0.3 is 10.6 Å². The third-order valence-electron chi connectivity index (χ3n) is 6.99. The van der Waals surface area contributed by atoms with Crippen LogP contribution in [0.2, 0.25) is 0 Å². The fraction of sp³-hybridized carbons (Fsp3) is 0.407. The lowest BCUT2D eigenvalue weighted by molar-refractivity contribution is 0.344. The van der Waals surface area contributed by atoms with Gasteiger partial charge in [-0.3, -0.25) is 14.2 Å². The predicted octanol–water partition coefficient (Wildman–Crippen LogP) is 4.37. The molecule has 5 rings (SSSR count). The summed E-state index contributed by atoms with van der Waals surface area (Å²) in [6, 6.07) is 9.93. The van der Waals surface area contributed by atoms with Crippen LogP contribution in [0.25, 0.3) is 16.7 Å². The molecule has 0 bridgehead atoms. The minimum absolute atomic E-state index is 0.0687. The van der Waals surface area contributed by atoms with E-state index >= 15 is 0 Å². The molecule has 0 fully saturated rings. The largest absolute Gasteiger partial charge is 0.324 e. The van der Waals surface area contributed by atoms with Crippen LogP contribution in [-0.2, 0) is 23.9 Å². The molecule has 8 nitrogen and oxygen atoms in total. The van der Waals surface area contributed by atoms with E-state index < -0.39 is 12.1 Å². The average Bonchev–Trinajstić information content (AvgIpc) is 3.14. The Hall–Kier alpha value is -3.59. The van der Waals surface area contributed by atoms with E-state index in [0.29, 0.717) is 34.9 Å². The first-order valence-corrected chi connectivity index (χ1v) is 12.3. The van der Waals surface area contributed by atoms with Crippen LogP contribution in [0.5, 0.6) is 0 Å². The summed E-state index contributed by atoms with van der Waals surface area (Å²) in [4.78, 5) is 26.7. The number of aromatic nitrogens is 5. The van der Waals surface area contributed by atoms with Gasteiger partial charge in [0.1, 0.15) is 12.1 Å². The Morgan fingerprint density at radius 3 is 2.75 bits per heavy atom. The van der Waals surface area contributed by atoms with Crippen molar-refractivity contribution >= 4 is 22.7 Å². The fourth-order valence-corrected chi connectivity index (χ4v) is 4.85. The van der Waals surface area contributed by atoms with Crippen LogP contribution in [0.4, 0.5) is 16.0 Å². The fourth-order valence-electron chi connectivity index (χ4n) is 4.85. The second kappa shape index (κ2) is 8.81. The molecule has 2 N–H and O–H groups in total. The molecule has 3 aromatic heterocycles. The minimum Gasteiger partial charge on any atom is -0.324 e. The number of nitrogens with zero attached hydrogens (tertiary/aromatic N) is 5. The molecule has 36 heavy (non-hydrogen) atoms. The van der Waals surface area contributed by atoms with E-state index in [0.717, 1.165) is 18.7 Å². The summed E-state index contributed by atoms with van der Waals surface area (Å²) in [5.41, 5.74) is 4.28. The van der Waals surface area contributed by atoms with Crippen molar-refractivity contribution in [2.75, 3.05) is 18.5 Å². The van der Waals surface area contributed by atoms with Gasteiger partial charge in [0.2, 0.25) is 5.95 Å². The summed E-state index contributed by atoms with van der Waals surface area (Å²) in [5, 5.41) is 7.29. The lowest BCUT2D eigenvalue weighted by Crippen LogP contribution is -2.42. The topological polar surface area (TPSA) is 89.7 Å². The molecule has 9 heteroatoms. The van der Waals surface area contributed by atoms with Gasteiger partial charge in [0.05, 0.1) is 11.4 Å². The molecule has 0 saturated heterocycles. The molecule has 0 atom stereocenters. The highest BCUT2D eigenvalue weighted by molar-refractivity contribution is 5.77. The maximum Gasteiger partial charge on any atom is 0.278 e. The number of nitrogens with one attached hydrogen (secondary N) is 2. The number of hydrogen-bond donors (Lipinski definition) is 2. The number of anilines is 2. The monoisotopic (exact) mass is 489 g/mol. The molecule has 1 aromatic carbocycles. The van der Waals surface area contributed by atoms with Crippen molar-refractivity contribution in [3.8, 4) is 5.69 Å². The SMILES string of the molecule is CCn1c(=O)c2cnc(Nc3ccc4c(c3)CCNC4(C)C)nc2n1-c1ccnc(C(C)(C)CF)c1. The Bertz CT molecular complexity index is 1500. The van der Waals surface area contributed by atoms with Crippen LogP contribution in [0.1, 0.15) is 51.4 Å². The van der Waals surface area contributed by atoms with Crippen molar-refractivity contribution in [1.82, 2.24) is 29.6 Å². The van der Waals surface area contributed by atoms with E-state index in [2.05, 4.69) is 46.6 Å². The van der Waals surface area contributed by atoms with E-state index in [1.807, 2.05) is 19.1 Å². The van der Waals surface area contributed by atoms with Crippen molar-refractivity contribution in [3.63, 3.8) is 0 Å². The Morgan fingerprint density at radius 2 is 2.00 bits per heavy atom. The molecule has 0 aliphatic carbocycles. The number of fused-ring (bicyclic) bond motifs is 2. The van der Waals surface area contributed by atoms with Gasteiger partial charge in [-0.15, -0.1) is 0 Å². The standard InChI is InChI=1S/C27H32FN7O/c1-6-34-24(36)20-15-30-25(32-18-7-8-21-17(13-18)9-12-31-27(21,4)5)33-23(20)35(34)19-10-11-29-22(14-19)26(2,3)16-28/h7-8,10-11,13-15,31H,6,9,12,16H2,1-5H3,(H,30,32,33). The number of benzene rings is 1. The molecule has 4 heterocycles. The Kier molecular flexibility index (Phi) is 5.90. The number of hydrogen-bond acceptors (Lipinski definition) is 6.